The second-order valence-corrected chi connectivity index (χ2v) is 7.00. The first-order valence-corrected chi connectivity index (χ1v) is 7.97. The van der Waals surface area contributed by atoms with Gasteiger partial charge in [0, 0.05) is 24.5 Å². The first kappa shape index (κ1) is 15.0. The lowest BCUT2D eigenvalue weighted by Crippen LogP contribution is -2.54. The van der Waals surface area contributed by atoms with E-state index in [4.69, 9.17) is 0 Å². The molecule has 2 rings (SSSR count). The summed E-state index contributed by atoms with van der Waals surface area (Å²) in [4.78, 5) is 16.5. The molecule has 3 unspecified atom stereocenters. The Labute approximate surface area is 118 Å². The van der Waals surface area contributed by atoms with Crippen molar-refractivity contribution >= 4 is 6.29 Å². The van der Waals surface area contributed by atoms with Crippen LogP contribution in [0.4, 0.5) is 0 Å². The summed E-state index contributed by atoms with van der Waals surface area (Å²) in [5.74, 6) is 0.824. The molecule has 0 N–H and O–H groups in total. The number of aldehydes is 1. The molecule has 0 amide bonds. The highest BCUT2D eigenvalue weighted by molar-refractivity contribution is 5.59. The fourth-order valence-electron chi connectivity index (χ4n) is 4.13. The van der Waals surface area contributed by atoms with E-state index in [0.29, 0.717) is 0 Å². The minimum atomic E-state index is -0.137. The highest BCUT2D eigenvalue weighted by atomic mass is 16.1. The molecule has 2 aliphatic heterocycles. The number of hydrogen-bond acceptors (Lipinski definition) is 3. The fourth-order valence-corrected chi connectivity index (χ4v) is 4.13. The second kappa shape index (κ2) is 6.36. The normalized spacial score (nSPS) is 32.6. The first-order chi connectivity index (χ1) is 9.08. The van der Waals surface area contributed by atoms with Crippen LogP contribution in [0, 0.1) is 11.3 Å². The predicted octanol–water partition coefficient (Wildman–Crippen LogP) is 2.41. The van der Waals surface area contributed by atoms with E-state index in [0.717, 1.165) is 31.3 Å². The molecular weight excluding hydrogens is 236 g/mol. The van der Waals surface area contributed by atoms with Gasteiger partial charge < -0.3 is 14.6 Å². The van der Waals surface area contributed by atoms with Crippen molar-refractivity contribution in [3.63, 3.8) is 0 Å². The number of nitrogens with zero attached hydrogens (tertiary/aromatic N) is 2. The summed E-state index contributed by atoms with van der Waals surface area (Å²) < 4.78 is 0. The van der Waals surface area contributed by atoms with Crippen LogP contribution in [0.2, 0.25) is 0 Å². The van der Waals surface area contributed by atoms with Crippen molar-refractivity contribution in [1.82, 2.24) is 9.80 Å². The summed E-state index contributed by atoms with van der Waals surface area (Å²) in [6, 6.07) is 0.790. The van der Waals surface area contributed by atoms with Gasteiger partial charge in [0.15, 0.2) is 0 Å². The number of carbonyl (C=O) groups is 1. The number of likely N-dealkylation sites (tertiary alicyclic amines) is 2. The standard InChI is InChI=1S/C16H30N2O/c1-4-8-16(2,13-19)12-18-10-7-15-14(11-18)6-5-9-17(15)3/h13-15H,4-12H2,1-3H3. The molecule has 19 heavy (non-hydrogen) atoms. The molecule has 2 aliphatic rings. The van der Waals surface area contributed by atoms with Gasteiger partial charge in [0.05, 0.1) is 0 Å². The predicted molar refractivity (Wildman–Crippen MR) is 79.3 cm³/mol. The first-order valence-electron chi connectivity index (χ1n) is 7.97. The van der Waals surface area contributed by atoms with Crippen molar-refractivity contribution in [1.29, 1.82) is 0 Å². The summed E-state index contributed by atoms with van der Waals surface area (Å²) in [5, 5.41) is 0. The van der Waals surface area contributed by atoms with Crippen LogP contribution in [0.1, 0.15) is 46.0 Å². The van der Waals surface area contributed by atoms with Crippen molar-refractivity contribution in [3.8, 4) is 0 Å². The summed E-state index contributed by atoms with van der Waals surface area (Å²) in [7, 11) is 2.28. The number of hydrogen-bond donors (Lipinski definition) is 0. The van der Waals surface area contributed by atoms with Crippen LogP contribution in [-0.4, -0.2) is 55.4 Å². The quantitative estimate of drug-likeness (QED) is 0.714. The topological polar surface area (TPSA) is 23.6 Å². The molecule has 3 nitrogen and oxygen atoms in total. The highest BCUT2D eigenvalue weighted by Crippen LogP contribution is 2.31. The zero-order valence-corrected chi connectivity index (χ0v) is 12.9. The van der Waals surface area contributed by atoms with Crippen molar-refractivity contribution in [2.45, 2.75) is 52.0 Å². The summed E-state index contributed by atoms with van der Waals surface area (Å²) in [6.45, 7) is 8.88. The number of rotatable bonds is 5. The molecule has 2 fully saturated rings. The van der Waals surface area contributed by atoms with Gasteiger partial charge in [-0.25, -0.2) is 0 Å². The Morgan fingerprint density at radius 1 is 1.32 bits per heavy atom. The van der Waals surface area contributed by atoms with E-state index in [1.165, 1.54) is 45.2 Å². The van der Waals surface area contributed by atoms with Gasteiger partial charge in [-0.15, -0.1) is 0 Å². The largest absolute Gasteiger partial charge is 0.303 e. The average Bonchev–Trinajstić information content (AvgIpc) is 2.39. The average molecular weight is 266 g/mol. The molecule has 3 atom stereocenters. The minimum absolute atomic E-state index is 0.137. The smallest absolute Gasteiger partial charge is 0.127 e. The van der Waals surface area contributed by atoms with Gasteiger partial charge >= 0.3 is 0 Å². The van der Waals surface area contributed by atoms with Crippen LogP contribution in [0.5, 0.6) is 0 Å². The maximum Gasteiger partial charge on any atom is 0.127 e. The van der Waals surface area contributed by atoms with Gasteiger partial charge in [-0.1, -0.05) is 20.3 Å². The molecule has 2 saturated heterocycles. The fraction of sp³-hybridized carbons (Fsp3) is 0.938. The van der Waals surface area contributed by atoms with E-state index in [-0.39, 0.29) is 5.41 Å². The summed E-state index contributed by atoms with van der Waals surface area (Å²) >= 11 is 0. The molecular formula is C16H30N2O. The maximum atomic E-state index is 11.4. The molecule has 0 aromatic rings. The van der Waals surface area contributed by atoms with Crippen molar-refractivity contribution in [2.75, 3.05) is 33.2 Å². The van der Waals surface area contributed by atoms with Gasteiger partial charge in [-0.05, 0) is 51.7 Å². The summed E-state index contributed by atoms with van der Waals surface area (Å²) in [5.41, 5.74) is -0.137. The third-order valence-corrected chi connectivity index (χ3v) is 5.12. The number of carbonyl (C=O) groups excluding carboxylic acids is 1. The van der Waals surface area contributed by atoms with Crippen molar-refractivity contribution < 1.29 is 4.79 Å². The Morgan fingerprint density at radius 3 is 2.79 bits per heavy atom. The van der Waals surface area contributed by atoms with E-state index in [1.54, 1.807) is 0 Å². The van der Waals surface area contributed by atoms with Crippen LogP contribution in [0.15, 0.2) is 0 Å². The lowest BCUT2D eigenvalue weighted by molar-refractivity contribution is -0.117. The Hall–Kier alpha value is -0.410. The van der Waals surface area contributed by atoms with Gasteiger partial charge in [0.2, 0.25) is 0 Å². The molecule has 0 radical (unpaired) electrons. The minimum Gasteiger partial charge on any atom is -0.303 e. The lowest BCUT2D eigenvalue weighted by atomic mass is 9.81. The van der Waals surface area contributed by atoms with E-state index in [2.05, 4.69) is 30.7 Å². The molecule has 0 bridgehead atoms. The molecule has 0 aromatic carbocycles. The molecule has 3 heteroatoms. The van der Waals surface area contributed by atoms with E-state index in [1.807, 2.05) is 0 Å². The Kier molecular flexibility index (Phi) is 5.02. The Morgan fingerprint density at radius 2 is 2.11 bits per heavy atom. The van der Waals surface area contributed by atoms with E-state index >= 15 is 0 Å². The molecule has 0 aliphatic carbocycles. The van der Waals surface area contributed by atoms with Crippen LogP contribution >= 0.6 is 0 Å². The third-order valence-electron chi connectivity index (χ3n) is 5.12. The van der Waals surface area contributed by atoms with Crippen LogP contribution in [0.3, 0.4) is 0 Å². The Balaban J connectivity index is 1.91. The van der Waals surface area contributed by atoms with Gasteiger partial charge in [0.25, 0.3) is 0 Å². The number of fused-ring (bicyclic) bond motifs is 1. The van der Waals surface area contributed by atoms with Gasteiger partial charge in [-0.2, -0.15) is 0 Å². The zero-order chi connectivity index (χ0) is 13.9. The third kappa shape index (κ3) is 3.57. The van der Waals surface area contributed by atoms with E-state index in [9.17, 15) is 4.79 Å². The SMILES string of the molecule is CCCC(C)(C=O)CN1CCC2C(CCCN2C)C1. The van der Waals surface area contributed by atoms with Crippen LogP contribution in [0.25, 0.3) is 0 Å². The lowest BCUT2D eigenvalue weighted by Gasteiger charge is -2.47. The molecule has 2 heterocycles. The van der Waals surface area contributed by atoms with Crippen molar-refractivity contribution in [3.05, 3.63) is 0 Å². The molecule has 0 aromatic heterocycles. The van der Waals surface area contributed by atoms with E-state index < -0.39 is 0 Å². The Bertz CT molecular complexity index is 307. The van der Waals surface area contributed by atoms with Crippen LogP contribution in [-0.2, 0) is 4.79 Å². The van der Waals surface area contributed by atoms with Crippen molar-refractivity contribution in [2.24, 2.45) is 11.3 Å². The number of piperidine rings is 2. The van der Waals surface area contributed by atoms with Gasteiger partial charge in [-0.3, -0.25) is 0 Å². The maximum absolute atomic E-state index is 11.4. The van der Waals surface area contributed by atoms with Crippen LogP contribution < -0.4 is 0 Å². The molecule has 0 saturated carbocycles. The summed E-state index contributed by atoms with van der Waals surface area (Å²) in [6.07, 6.45) is 7.29. The zero-order valence-electron chi connectivity index (χ0n) is 12.9. The second-order valence-electron chi connectivity index (χ2n) is 7.00. The molecule has 0 spiro atoms. The molecule has 110 valence electrons. The highest BCUT2D eigenvalue weighted by Gasteiger charge is 2.36. The van der Waals surface area contributed by atoms with Gasteiger partial charge in [0.1, 0.15) is 6.29 Å². The monoisotopic (exact) mass is 266 g/mol.